The van der Waals surface area contributed by atoms with Crippen LogP contribution in [0.4, 0.5) is 0 Å². The Morgan fingerprint density at radius 3 is 2.28 bits per heavy atom. The Bertz CT molecular complexity index is 287. The van der Waals surface area contributed by atoms with Gasteiger partial charge in [-0.1, -0.05) is 25.7 Å². The summed E-state index contributed by atoms with van der Waals surface area (Å²) < 4.78 is 0. The second-order valence-electron chi connectivity index (χ2n) is 5.94. The first-order valence-corrected chi connectivity index (χ1v) is 7.26. The topological polar surface area (TPSA) is 83.6 Å². The molecule has 0 radical (unpaired) electrons. The third-order valence-electron chi connectivity index (χ3n) is 4.80. The summed E-state index contributed by atoms with van der Waals surface area (Å²) in [6.07, 6.45) is 6.70. The van der Waals surface area contributed by atoms with Gasteiger partial charge < -0.3 is 15.9 Å². The van der Waals surface area contributed by atoms with Crippen LogP contribution in [-0.2, 0) is 4.79 Å². The van der Waals surface area contributed by atoms with Gasteiger partial charge >= 0.3 is 0 Å². The number of rotatable bonds is 4. The number of Topliss-reactive ketones (excluding diaryl/α,β-unsaturated/α-hetero) is 1. The van der Waals surface area contributed by atoms with Crippen LogP contribution in [0.3, 0.4) is 0 Å². The predicted octanol–water partition coefficient (Wildman–Crippen LogP) is 1.19. The molecule has 1 unspecified atom stereocenters. The summed E-state index contributed by atoms with van der Waals surface area (Å²) >= 11 is 0. The van der Waals surface area contributed by atoms with Gasteiger partial charge in [-0.25, -0.2) is 0 Å². The van der Waals surface area contributed by atoms with Crippen LogP contribution in [-0.4, -0.2) is 28.3 Å². The minimum absolute atomic E-state index is 0.0671. The fourth-order valence-electron chi connectivity index (χ4n) is 3.67. The van der Waals surface area contributed by atoms with Gasteiger partial charge in [0, 0.05) is 11.8 Å². The third-order valence-corrected chi connectivity index (χ3v) is 4.80. The predicted molar refractivity (Wildman–Crippen MR) is 68.6 cm³/mol. The largest absolute Gasteiger partial charge is 0.368 e. The SMILES string of the molecule is N[C@H](C(=O)C1CCC[C@H]1C(O)O)C1CCCCC1. The summed E-state index contributed by atoms with van der Waals surface area (Å²) in [6, 6.07) is -0.394. The number of carbonyl (C=O) groups excluding carboxylic acids is 1. The molecule has 104 valence electrons. The van der Waals surface area contributed by atoms with E-state index < -0.39 is 12.3 Å². The van der Waals surface area contributed by atoms with Crippen LogP contribution in [0, 0.1) is 17.8 Å². The van der Waals surface area contributed by atoms with Crippen LogP contribution >= 0.6 is 0 Å². The molecule has 2 fully saturated rings. The number of nitrogens with two attached hydrogens (primary N) is 1. The molecule has 0 amide bonds. The molecule has 0 aromatic carbocycles. The highest BCUT2D eigenvalue weighted by atomic mass is 16.5. The van der Waals surface area contributed by atoms with Gasteiger partial charge in [0.25, 0.3) is 0 Å². The fourth-order valence-corrected chi connectivity index (χ4v) is 3.67. The lowest BCUT2D eigenvalue weighted by Gasteiger charge is -2.30. The van der Waals surface area contributed by atoms with Crippen LogP contribution in [0.5, 0.6) is 0 Å². The van der Waals surface area contributed by atoms with Crippen molar-refractivity contribution in [2.24, 2.45) is 23.5 Å². The molecule has 0 saturated heterocycles. The number of carbonyl (C=O) groups is 1. The average molecular weight is 255 g/mol. The van der Waals surface area contributed by atoms with Crippen molar-refractivity contribution in [2.75, 3.05) is 0 Å². The van der Waals surface area contributed by atoms with Crippen LogP contribution in [0.15, 0.2) is 0 Å². The minimum Gasteiger partial charge on any atom is -0.368 e. The first-order chi connectivity index (χ1) is 8.61. The zero-order chi connectivity index (χ0) is 13.1. The number of ketones is 1. The lowest BCUT2D eigenvalue weighted by atomic mass is 9.78. The van der Waals surface area contributed by atoms with Crippen LogP contribution < -0.4 is 5.73 Å². The molecule has 0 aromatic heterocycles. The van der Waals surface area contributed by atoms with Gasteiger partial charge in [-0.3, -0.25) is 4.79 Å². The maximum absolute atomic E-state index is 12.4. The lowest BCUT2D eigenvalue weighted by molar-refractivity contribution is -0.136. The molecule has 2 rings (SSSR count). The lowest BCUT2D eigenvalue weighted by Crippen LogP contribution is -2.44. The second-order valence-corrected chi connectivity index (χ2v) is 5.94. The summed E-state index contributed by atoms with van der Waals surface area (Å²) in [4.78, 5) is 12.4. The Labute approximate surface area is 109 Å². The van der Waals surface area contributed by atoms with E-state index in [0.717, 1.165) is 32.1 Å². The maximum atomic E-state index is 12.4. The van der Waals surface area contributed by atoms with Gasteiger partial charge in [-0.15, -0.1) is 0 Å². The molecule has 4 nitrogen and oxygen atoms in total. The quantitative estimate of drug-likeness (QED) is 0.659. The van der Waals surface area contributed by atoms with E-state index >= 15 is 0 Å². The van der Waals surface area contributed by atoms with Crippen LogP contribution in [0.25, 0.3) is 0 Å². The number of aliphatic hydroxyl groups is 2. The molecule has 4 heteroatoms. The zero-order valence-electron chi connectivity index (χ0n) is 10.9. The Kier molecular flexibility index (Phi) is 4.76. The zero-order valence-corrected chi connectivity index (χ0v) is 10.9. The minimum atomic E-state index is -1.37. The van der Waals surface area contributed by atoms with E-state index in [2.05, 4.69) is 0 Å². The van der Waals surface area contributed by atoms with E-state index in [4.69, 9.17) is 5.73 Å². The Hall–Kier alpha value is -0.450. The van der Waals surface area contributed by atoms with Gasteiger partial charge in [0.05, 0.1) is 6.04 Å². The molecule has 0 heterocycles. The summed E-state index contributed by atoms with van der Waals surface area (Å²) in [7, 11) is 0. The molecule has 2 aliphatic rings. The number of hydrogen-bond donors (Lipinski definition) is 3. The fraction of sp³-hybridized carbons (Fsp3) is 0.929. The van der Waals surface area contributed by atoms with E-state index in [0.29, 0.717) is 5.92 Å². The van der Waals surface area contributed by atoms with Crippen molar-refractivity contribution in [3.8, 4) is 0 Å². The molecule has 3 atom stereocenters. The van der Waals surface area contributed by atoms with Crippen molar-refractivity contribution >= 4 is 5.78 Å². The molecule has 18 heavy (non-hydrogen) atoms. The van der Waals surface area contributed by atoms with Crippen molar-refractivity contribution in [3.63, 3.8) is 0 Å². The van der Waals surface area contributed by atoms with E-state index in [1.54, 1.807) is 0 Å². The highest BCUT2D eigenvalue weighted by molar-refractivity contribution is 5.87. The Balaban J connectivity index is 1.96. The van der Waals surface area contributed by atoms with Crippen molar-refractivity contribution in [1.82, 2.24) is 0 Å². The summed E-state index contributed by atoms with van der Waals surface area (Å²) in [5.74, 6) is -0.157. The van der Waals surface area contributed by atoms with Crippen molar-refractivity contribution < 1.29 is 15.0 Å². The molecule has 4 N–H and O–H groups in total. The molecular formula is C14H25NO3. The van der Waals surface area contributed by atoms with E-state index in [-0.39, 0.29) is 17.6 Å². The summed E-state index contributed by atoms with van der Waals surface area (Å²) in [5.41, 5.74) is 6.12. The van der Waals surface area contributed by atoms with Gasteiger partial charge in [0.15, 0.2) is 12.1 Å². The standard InChI is InChI=1S/C14H25NO3/c15-12(9-5-2-1-3-6-9)13(16)10-7-4-8-11(10)14(17)18/h9-12,14,17-18H,1-8,15H2/t10?,11-,12+/m1/s1. The molecule has 2 aliphatic carbocycles. The van der Waals surface area contributed by atoms with Gasteiger partial charge in [0.2, 0.25) is 0 Å². The van der Waals surface area contributed by atoms with Gasteiger partial charge in [-0.05, 0) is 31.6 Å². The van der Waals surface area contributed by atoms with Crippen molar-refractivity contribution in [2.45, 2.75) is 63.7 Å². The Morgan fingerprint density at radius 2 is 1.67 bits per heavy atom. The molecule has 0 aliphatic heterocycles. The molecule has 2 saturated carbocycles. The van der Waals surface area contributed by atoms with E-state index in [1.165, 1.54) is 19.3 Å². The highest BCUT2D eigenvalue weighted by Crippen LogP contribution is 2.36. The monoisotopic (exact) mass is 255 g/mol. The first-order valence-electron chi connectivity index (χ1n) is 7.26. The molecule has 0 aromatic rings. The summed E-state index contributed by atoms with van der Waals surface area (Å²) in [5, 5.41) is 18.7. The molecule has 0 bridgehead atoms. The summed E-state index contributed by atoms with van der Waals surface area (Å²) in [6.45, 7) is 0. The average Bonchev–Trinajstić information content (AvgIpc) is 2.87. The maximum Gasteiger partial charge on any atom is 0.154 e. The van der Waals surface area contributed by atoms with Gasteiger partial charge in [0.1, 0.15) is 0 Å². The normalized spacial score (nSPS) is 31.8. The van der Waals surface area contributed by atoms with E-state index in [1.807, 2.05) is 0 Å². The smallest absolute Gasteiger partial charge is 0.154 e. The van der Waals surface area contributed by atoms with E-state index in [9.17, 15) is 15.0 Å². The van der Waals surface area contributed by atoms with Gasteiger partial charge in [-0.2, -0.15) is 0 Å². The van der Waals surface area contributed by atoms with Crippen molar-refractivity contribution in [3.05, 3.63) is 0 Å². The number of hydrogen-bond acceptors (Lipinski definition) is 4. The Morgan fingerprint density at radius 1 is 1.00 bits per heavy atom. The highest BCUT2D eigenvalue weighted by Gasteiger charge is 2.40. The van der Waals surface area contributed by atoms with Crippen molar-refractivity contribution in [1.29, 1.82) is 0 Å². The van der Waals surface area contributed by atoms with Crippen LogP contribution in [0.2, 0.25) is 0 Å². The first kappa shape index (κ1) is 14.0. The number of aliphatic hydroxyl groups excluding tert-OH is 1. The third kappa shape index (κ3) is 2.92. The molecule has 0 spiro atoms. The second kappa shape index (κ2) is 6.13. The van der Waals surface area contributed by atoms with Crippen LogP contribution in [0.1, 0.15) is 51.4 Å². The molecular weight excluding hydrogens is 230 g/mol.